The maximum atomic E-state index is 13.2. The molecule has 102 valence electrons. The topological polar surface area (TPSA) is 47.1 Å². The van der Waals surface area contributed by atoms with E-state index in [0.29, 0.717) is 24.7 Å². The summed E-state index contributed by atoms with van der Waals surface area (Å²) >= 11 is 0. The van der Waals surface area contributed by atoms with Gasteiger partial charge in [-0.3, -0.25) is 0 Å². The monoisotopic (exact) mass is 276 g/mol. The maximum Gasteiger partial charge on any atom is 0.363 e. The average Bonchev–Trinajstić information content (AvgIpc) is 2.79. The van der Waals surface area contributed by atoms with Crippen LogP contribution in [0.3, 0.4) is 0 Å². The summed E-state index contributed by atoms with van der Waals surface area (Å²) in [6, 6.07) is 2.78. The number of H-pyrrole nitrogens is 1. The smallest absolute Gasteiger partial charge is 0.363 e. The maximum absolute atomic E-state index is 13.2. The van der Waals surface area contributed by atoms with E-state index in [4.69, 9.17) is 9.47 Å². The minimum atomic E-state index is -4.32. The lowest BCUT2D eigenvalue weighted by molar-refractivity contribution is -0.140. The highest BCUT2D eigenvalue weighted by molar-refractivity contribution is 5.80. The quantitative estimate of drug-likeness (QED) is 0.858. The van der Waals surface area contributed by atoms with E-state index in [1.54, 1.807) is 0 Å². The lowest BCUT2D eigenvalue weighted by Crippen LogP contribution is -2.25. The molecular weight excluding hydrogens is 268 g/mol. The molecule has 8 heteroatoms. The van der Waals surface area contributed by atoms with E-state index in [-0.39, 0.29) is 11.0 Å². The highest BCUT2D eigenvalue weighted by Gasteiger charge is 2.45. The standard InChI is InChI=1S/C11H8F4N2O2/c12-9(13)11(14,15)10-16-5-3-7-8(4-6(5)17-10)19-2-1-18-7/h3-4,9H,1-2H2,(H,16,17). The SMILES string of the molecule is FC(F)C(F)(F)c1nc2cc3c(cc2[nH]1)OCCO3. The number of nitrogens with one attached hydrogen (secondary N) is 1. The number of hydrogen-bond donors (Lipinski definition) is 1. The third-order valence-electron chi connectivity index (χ3n) is 2.74. The predicted molar refractivity (Wildman–Crippen MR) is 57.0 cm³/mol. The average molecular weight is 276 g/mol. The molecule has 19 heavy (non-hydrogen) atoms. The Morgan fingerprint density at radius 3 is 2.42 bits per heavy atom. The molecule has 2 heterocycles. The molecule has 3 rings (SSSR count). The lowest BCUT2D eigenvalue weighted by atomic mass is 10.2. The molecule has 1 N–H and O–H groups in total. The van der Waals surface area contributed by atoms with Crippen LogP contribution in [0.25, 0.3) is 11.0 Å². The molecule has 1 aliphatic rings. The number of imidazole rings is 1. The molecule has 0 aliphatic carbocycles. The van der Waals surface area contributed by atoms with Gasteiger partial charge in [0.1, 0.15) is 13.2 Å². The molecule has 0 saturated heterocycles. The van der Waals surface area contributed by atoms with Crippen LogP contribution in [-0.2, 0) is 5.92 Å². The normalized spacial score (nSPS) is 15.2. The number of halogens is 4. The molecule has 2 aromatic rings. The van der Waals surface area contributed by atoms with E-state index >= 15 is 0 Å². The second-order valence-electron chi connectivity index (χ2n) is 4.02. The highest BCUT2D eigenvalue weighted by atomic mass is 19.3. The summed E-state index contributed by atoms with van der Waals surface area (Å²) in [7, 11) is 0. The summed E-state index contributed by atoms with van der Waals surface area (Å²) in [6.07, 6.45) is -3.82. The number of aromatic amines is 1. The molecule has 1 aromatic heterocycles. The number of benzene rings is 1. The van der Waals surface area contributed by atoms with Gasteiger partial charge >= 0.3 is 12.3 Å². The fraction of sp³-hybridized carbons (Fsp3) is 0.364. The molecule has 1 aromatic carbocycles. The van der Waals surface area contributed by atoms with Crippen molar-refractivity contribution in [2.75, 3.05) is 13.2 Å². The van der Waals surface area contributed by atoms with Gasteiger partial charge in [0, 0.05) is 12.1 Å². The second-order valence-corrected chi connectivity index (χ2v) is 4.02. The summed E-state index contributed by atoms with van der Waals surface area (Å²) in [4.78, 5) is 5.68. The first-order valence-electron chi connectivity index (χ1n) is 5.44. The van der Waals surface area contributed by atoms with Crippen molar-refractivity contribution in [3.63, 3.8) is 0 Å². The van der Waals surface area contributed by atoms with Crippen LogP contribution in [-0.4, -0.2) is 29.6 Å². The van der Waals surface area contributed by atoms with Crippen LogP contribution in [0.1, 0.15) is 5.82 Å². The van der Waals surface area contributed by atoms with E-state index in [0.717, 1.165) is 0 Å². The number of aromatic nitrogens is 2. The predicted octanol–water partition coefficient (Wildman–Crippen LogP) is 2.69. The van der Waals surface area contributed by atoms with Crippen molar-refractivity contribution in [1.82, 2.24) is 9.97 Å². The Kier molecular flexibility index (Phi) is 2.54. The molecule has 0 fully saturated rings. The largest absolute Gasteiger partial charge is 0.486 e. The molecule has 1 aliphatic heterocycles. The van der Waals surface area contributed by atoms with Crippen molar-refractivity contribution in [1.29, 1.82) is 0 Å². The number of ether oxygens (including phenoxy) is 2. The zero-order valence-electron chi connectivity index (χ0n) is 9.42. The number of hydrogen-bond acceptors (Lipinski definition) is 3. The van der Waals surface area contributed by atoms with Crippen LogP contribution in [0, 0.1) is 0 Å². The van der Waals surface area contributed by atoms with Gasteiger partial charge in [0.2, 0.25) is 0 Å². The van der Waals surface area contributed by atoms with Gasteiger partial charge in [0.25, 0.3) is 0 Å². The van der Waals surface area contributed by atoms with Gasteiger partial charge in [0.05, 0.1) is 11.0 Å². The van der Waals surface area contributed by atoms with Gasteiger partial charge in [0.15, 0.2) is 17.3 Å². The minimum Gasteiger partial charge on any atom is -0.486 e. The number of rotatable bonds is 2. The van der Waals surface area contributed by atoms with Crippen LogP contribution in [0.4, 0.5) is 17.6 Å². The molecule has 0 amide bonds. The fourth-order valence-electron chi connectivity index (χ4n) is 1.81. The van der Waals surface area contributed by atoms with Crippen LogP contribution >= 0.6 is 0 Å². The third kappa shape index (κ3) is 1.87. The molecule has 0 spiro atoms. The van der Waals surface area contributed by atoms with E-state index in [9.17, 15) is 17.6 Å². The van der Waals surface area contributed by atoms with Crippen LogP contribution in [0.15, 0.2) is 12.1 Å². The molecule has 0 atom stereocenters. The third-order valence-corrected chi connectivity index (χ3v) is 2.74. The zero-order valence-corrected chi connectivity index (χ0v) is 9.42. The molecule has 0 unspecified atom stereocenters. The van der Waals surface area contributed by atoms with Gasteiger partial charge in [-0.05, 0) is 0 Å². The van der Waals surface area contributed by atoms with Gasteiger partial charge in [-0.15, -0.1) is 0 Å². The van der Waals surface area contributed by atoms with Gasteiger partial charge in [-0.1, -0.05) is 0 Å². The van der Waals surface area contributed by atoms with E-state index in [1.165, 1.54) is 12.1 Å². The first kappa shape index (κ1) is 12.1. The van der Waals surface area contributed by atoms with Crippen molar-refractivity contribution in [2.24, 2.45) is 0 Å². The Hall–Kier alpha value is -1.99. The van der Waals surface area contributed by atoms with Crippen LogP contribution in [0.2, 0.25) is 0 Å². The lowest BCUT2D eigenvalue weighted by Gasteiger charge is -2.17. The Morgan fingerprint density at radius 1 is 1.16 bits per heavy atom. The van der Waals surface area contributed by atoms with Gasteiger partial charge in [-0.2, -0.15) is 8.78 Å². The first-order chi connectivity index (χ1) is 8.98. The Labute approximate surface area is 104 Å². The van der Waals surface area contributed by atoms with Crippen molar-refractivity contribution < 1.29 is 27.0 Å². The second kappa shape index (κ2) is 4.01. The van der Waals surface area contributed by atoms with Crippen LogP contribution in [0.5, 0.6) is 11.5 Å². The molecule has 0 bridgehead atoms. The summed E-state index contributed by atoms with van der Waals surface area (Å²) in [6.45, 7) is 0.676. The minimum absolute atomic E-state index is 0.125. The molecule has 0 saturated carbocycles. The molecular formula is C11H8F4N2O2. The Morgan fingerprint density at radius 2 is 1.79 bits per heavy atom. The zero-order chi connectivity index (χ0) is 13.6. The number of nitrogens with zero attached hydrogens (tertiary/aromatic N) is 1. The van der Waals surface area contributed by atoms with Gasteiger partial charge in [-0.25, -0.2) is 13.8 Å². The van der Waals surface area contributed by atoms with Crippen molar-refractivity contribution >= 4 is 11.0 Å². The van der Waals surface area contributed by atoms with Crippen molar-refractivity contribution in [3.05, 3.63) is 18.0 Å². The first-order valence-corrected chi connectivity index (χ1v) is 5.44. The Balaban J connectivity index is 2.11. The van der Waals surface area contributed by atoms with E-state index in [1.807, 2.05) is 0 Å². The molecule has 0 radical (unpaired) electrons. The number of alkyl halides is 4. The van der Waals surface area contributed by atoms with E-state index in [2.05, 4.69) is 9.97 Å². The fourth-order valence-corrected chi connectivity index (χ4v) is 1.81. The van der Waals surface area contributed by atoms with Crippen molar-refractivity contribution in [3.8, 4) is 11.5 Å². The highest BCUT2D eigenvalue weighted by Crippen LogP contribution is 2.37. The van der Waals surface area contributed by atoms with Crippen molar-refractivity contribution in [2.45, 2.75) is 12.3 Å². The Bertz CT molecular complexity index is 583. The number of fused-ring (bicyclic) bond motifs is 2. The summed E-state index contributed by atoms with van der Waals surface area (Å²) in [5.41, 5.74) is 0.319. The molecule has 4 nitrogen and oxygen atoms in total. The summed E-state index contributed by atoms with van der Waals surface area (Å²) in [5.74, 6) is -4.66. The van der Waals surface area contributed by atoms with E-state index < -0.39 is 18.2 Å². The van der Waals surface area contributed by atoms with Gasteiger partial charge < -0.3 is 14.5 Å². The van der Waals surface area contributed by atoms with Crippen LogP contribution < -0.4 is 9.47 Å². The summed E-state index contributed by atoms with van der Waals surface area (Å²) < 4.78 is 61.4. The summed E-state index contributed by atoms with van der Waals surface area (Å²) in [5, 5.41) is 0.